The number of anilines is 1. The predicted molar refractivity (Wildman–Crippen MR) is 169 cm³/mol. The third-order valence-corrected chi connectivity index (χ3v) is 10.3. The molecule has 4 fully saturated rings. The van der Waals surface area contributed by atoms with Crippen LogP contribution in [0.1, 0.15) is 63.0 Å². The van der Waals surface area contributed by atoms with Crippen molar-refractivity contribution in [2.45, 2.75) is 76.4 Å². The number of amides is 2. The zero-order valence-electron chi connectivity index (χ0n) is 23.8. The normalized spacial score (nSPS) is 25.6. The highest BCUT2D eigenvalue weighted by Crippen LogP contribution is 2.54. The maximum absolute atomic E-state index is 14.1. The maximum Gasteiger partial charge on any atom is 0.408 e. The number of carboxylic acids is 1. The Hall–Kier alpha value is -3.08. The number of aliphatic carboxylic acids is 1. The van der Waals surface area contributed by atoms with Gasteiger partial charge in [0, 0.05) is 39.2 Å². The Morgan fingerprint density at radius 1 is 1.02 bits per heavy atom. The second-order valence-corrected chi connectivity index (χ2v) is 14.0. The number of carbonyl (C=O) groups is 3. The van der Waals surface area contributed by atoms with Crippen LogP contribution in [-0.2, 0) is 27.2 Å². The molecule has 0 spiro atoms. The van der Waals surface area contributed by atoms with Gasteiger partial charge in [0.15, 0.2) is 0 Å². The summed E-state index contributed by atoms with van der Waals surface area (Å²) < 4.78 is 7.10. The molecular formula is C33H38IN3O5. The predicted octanol–water partition coefficient (Wildman–Crippen LogP) is 6.67. The molecule has 4 aliphatic carbocycles. The molecule has 2 amide bonds. The Bertz CT molecular complexity index is 1470. The first-order chi connectivity index (χ1) is 20.2. The maximum atomic E-state index is 14.1. The first-order valence-electron chi connectivity index (χ1n) is 15.0. The molecule has 1 heterocycles. The van der Waals surface area contributed by atoms with Crippen LogP contribution >= 0.6 is 22.6 Å². The number of hydrogen-bond donors (Lipinski definition) is 4. The van der Waals surface area contributed by atoms with Crippen molar-refractivity contribution in [3.8, 4) is 0 Å². The summed E-state index contributed by atoms with van der Waals surface area (Å²) in [6, 6.07) is 13.7. The largest absolute Gasteiger partial charge is 0.481 e. The fourth-order valence-corrected chi connectivity index (χ4v) is 8.35. The van der Waals surface area contributed by atoms with Gasteiger partial charge in [0.05, 0.1) is 0 Å². The van der Waals surface area contributed by atoms with E-state index in [9.17, 15) is 14.4 Å². The third-order valence-electron chi connectivity index (χ3n) is 9.64. The average molecular weight is 684 g/mol. The molecule has 1 atom stereocenters. The summed E-state index contributed by atoms with van der Waals surface area (Å²) in [7, 11) is 0. The minimum absolute atomic E-state index is 0.0513. The van der Waals surface area contributed by atoms with Crippen molar-refractivity contribution < 1.29 is 24.2 Å². The summed E-state index contributed by atoms with van der Waals surface area (Å²) >= 11 is 2.19. The Labute approximate surface area is 259 Å². The smallest absolute Gasteiger partial charge is 0.408 e. The lowest BCUT2D eigenvalue weighted by Crippen LogP contribution is -2.58. The molecule has 4 bridgehead atoms. The van der Waals surface area contributed by atoms with E-state index in [4.69, 9.17) is 9.84 Å². The number of para-hydroxylation sites is 1. The van der Waals surface area contributed by atoms with Gasteiger partial charge in [-0.3, -0.25) is 9.59 Å². The third kappa shape index (κ3) is 6.16. The van der Waals surface area contributed by atoms with E-state index in [1.807, 2.05) is 48.7 Å². The topological polar surface area (TPSA) is 121 Å². The highest BCUT2D eigenvalue weighted by molar-refractivity contribution is 14.1. The number of carboxylic acid groups (broad SMARTS) is 1. The highest BCUT2D eigenvalue weighted by atomic mass is 127. The van der Waals surface area contributed by atoms with Crippen LogP contribution in [-0.4, -0.2) is 39.7 Å². The molecule has 42 heavy (non-hydrogen) atoms. The summed E-state index contributed by atoms with van der Waals surface area (Å²) in [5.41, 5.74) is 2.05. The molecule has 0 saturated heterocycles. The van der Waals surface area contributed by atoms with E-state index in [2.05, 4.69) is 38.2 Å². The van der Waals surface area contributed by atoms with Crippen LogP contribution in [0.3, 0.4) is 0 Å². The Morgan fingerprint density at radius 2 is 1.74 bits per heavy atom. The van der Waals surface area contributed by atoms with Gasteiger partial charge in [0.1, 0.15) is 11.6 Å². The molecule has 0 radical (unpaired) electrons. The van der Waals surface area contributed by atoms with Crippen molar-refractivity contribution in [1.29, 1.82) is 0 Å². The van der Waals surface area contributed by atoms with Crippen molar-refractivity contribution in [3.63, 3.8) is 0 Å². The summed E-state index contributed by atoms with van der Waals surface area (Å²) in [4.78, 5) is 42.0. The Balaban J connectivity index is 1.24. The number of benzene rings is 2. The van der Waals surface area contributed by atoms with Gasteiger partial charge in [-0.15, -0.1) is 0 Å². The number of aromatic amines is 1. The number of nitrogens with one attached hydrogen (secondary N) is 3. The molecule has 9 heteroatoms. The van der Waals surface area contributed by atoms with Crippen molar-refractivity contribution in [3.05, 3.63) is 63.4 Å². The fraction of sp³-hybridized carbons (Fsp3) is 0.485. The highest BCUT2D eigenvalue weighted by Gasteiger charge is 2.50. The van der Waals surface area contributed by atoms with E-state index in [0.717, 1.165) is 63.1 Å². The van der Waals surface area contributed by atoms with E-state index in [1.54, 1.807) is 6.92 Å². The fourth-order valence-electron chi connectivity index (χ4n) is 7.86. The van der Waals surface area contributed by atoms with E-state index < -0.39 is 17.6 Å². The van der Waals surface area contributed by atoms with Gasteiger partial charge in [0.25, 0.3) is 0 Å². The lowest BCUT2D eigenvalue weighted by molar-refractivity contribution is -0.137. The molecule has 4 saturated carbocycles. The van der Waals surface area contributed by atoms with E-state index in [0.29, 0.717) is 30.4 Å². The molecule has 4 aliphatic rings. The number of aromatic nitrogens is 1. The molecule has 0 aliphatic heterocycles. The first kappa shape index (κ1) is 29.0. The Morgan fingerprint density at radius 3 is 2.45 bits per heavy atom. The monoisotopic (exact) mass is 683 g/mol. The van der Waals surface area contributed by atoms with Gasteiger partial charge in [-0.2, -0.15) is 0 Å². The van der Waals surface area contributed by atoms with Gasteiger partial charge < -0.3 is 25.5 Å². The van der Waals surface area contributed by atoms with Crippen LogP contribution in [0.25, 0.3) is 10.9 Å². The molecule has 0 unspecified atom stereocenters. The number of fused-ring (bicyclic) bond motifs is 1. The van der Waals surface area contributed by atoms with Crippen LogP contribution in [0.4, 0.5) is 10.5 Å². The van der Waals surface area contributed by atoms with Crippen molar-refractivity contribution in [2.75, 3.05) is 5.32 Å². The number of H-pyrrole nitrogens is 1. The molecule has 4 N–H and O–H groups in total. The molecule has 2 aromatic carbocycles. The number of ether oxygens (including phenoxy) is 1. The summed E-state index contributed by atoms with van der Waals surface area (Å²) in [5, 5.41) is 16.2. The van der Waals surface area contributed by atoms with Crippen LogP contribution in [0, 0.1) is 27.2 Å². The van der Waals surface area contributed by atoms with E-state index in [1.165, 1.54) is 6.42 Å². The number of carbonyl (C=O) groups excluding carboxylic acids is 2. The number of aryl methyl sites for hydroxylation is 1. The van der Waals surface area contributed by atoms with Crippen LogP contribution < -0.4 is 10.6 Å². The second kappa shape index (κ2) is 11.9. The van der Waals surface area contributed by atoms with Crippen LogP contribution in [0.15, 0.2) is 48.7 Å². The second-order valence-electron chi connectivity index (χ2n) is 12.8. The van der Waals surface area contributed by atoms with Crippen LogP contribution in [0.5, 0.6) is 0 Å². The quantitative estimate of drug-likeness (QED) is 0.178. The minimum atomic E-state index is -1.31. The number of hydrogen-bond acceptors (Lipinski definition) is 4. The molecule has 3 aromatic rings. The molecular weight excluding hydrogens is 645 g/mol. The minimum Gasteiger partial charge on any atom is -0.481 e. The van der Waals surface area contributed by atoms with E-state index in [-0.39, 0.29) is 24.9 Å². The van der Waals surface area contributed by atoms with E-state index >= 15 is 0 Å². The zero-order valence-corrected chi connectivity index (χ0v) is 26.0. The van der Waals surface area contributed by atoms with Gasteiger partial charge in [-0.25, -0.2) is 4.79 Å². The van der Waals surface area contributed by atoms with Gasteiger partial charge in [-0.05, 0) is 127 Å². The summed E-state index contributed by atoms with van der Waals surface area (Å²) in [6.45, 7) is 1.75. The van der Waals surface area contributed by atoms with Crippen molar-refractivity contribution in [1.82, 2.24) is 10.3 Å². The standard InChI is InChI=1S/C33H38IN3O5/c1-33(17-24-18-35-27-7-3-2-6-26(24)27,31(40)36-28-16-25(34)10-9-21(28)5-4-8-29(38)39)37-32(41)42-30-22-12-19-11-20(14-22)15-23(30)13-19/h2-3,6-7,9-10,16,18-20,22-23,30,35H,4-5,8,11-15,17H2,1H3,(H,36,40)(H,37,41)(H,38,39)/t19?,20?,22?,23?,30?,33-/m0/s1. The number of halogens is 1. The van der Waals surface area contributed by atoms with Crippen LogP contribution in [0.2, 0.25) is 0 Å². The van der Waals surface area contributed by atoms with Gasteiger partial charge in [-0.1, -0.05) is 24.3 Å². The van der Waals surface area contributed by atoms with Gasteiger partial charge in [0.2, 0.25) is 5.91 Å². The lowest BCUT2D eigenvalue weighted by atomic mass is 9.55. The SMILES string of the molecule is C[C@@](Cc1c[nH]c2ccccc12)(NC(=O)OC1C2CC3CC(C2)CC1C3)C(=O)Nc1cc(I)ccc1CCCC(=O)O. The Kier molecular flexibility index (Phi) is 8.22. The number of rotatable bonds is 10. The van der Waals surface area contributed by atoms with Crippen molar-refractivity contribution >= 4 is 57.2 Å². The number of alkyl carbamates (subject to hydrolysis) is 1. The lowest BCUT2D eigenvalue weighted by Gasteiger charge is -2.53. The summed E-state index contributed by atoms with van der Waals surface area (Å²) in [6.07, 6.45) is 8.41. The van der Waals surface area contributed by atoms with Crippen molar-refractivity contribution in [2.24, 2.45) is 23.7 Å². The molecule has 7 rings (SSSR count). The molecule has 222 valence electrons. The molecule has 8 nitrogen and oxygen atoms in total. The van der Waals surface area contributed by atoms with Gasteiger partial charge >= 0.3 is 12.1 Å². The molecule has 1 aromatic heterocycles. The summed E-state index contributed by atoms with van der Waals surface area (Å²) in [5.74, 6) is 1.18. The first-order valence-corrected chi connectivity index (χ1v) is 16.1. The zero-order chi connectivity index (χ0) is 29.4. The average Bonchev–Trinajstić information content (AvgIpc) is 3.33.